The molecule has 1 aliphatic rings. The topological polar surface area (TPSA) is 22.8 Å². The highest BCUT2D eigenvalue weighted by atomic mass is 32.1. The van der Waals surface area contributed by atoms with E-state index in [4.69, 9.17) is 4.98 Å². The molecule has 0 atom stereocenters. The van der Waals surface area contributed by atoms with E-state index in [1.807, 2.05) is 11.3 Å². The van der Waals surface area contributed by atoms with E-state index in [1.54, 1.807) is 0 Å². The summed E-state index contributed by atoms with van der Waals surface area (Å²) in [5, 5.41) is 6.31. The second-order valence-electron chi connectivity index (χ2n) is 15.0. The van der Waals surface area contributed by atoms with Gasteiger partial charge in [-0.05, 0) is 90.7 Å². The zero-order chi connectivity index (χ0) is 38.6. The maximum absolute atomic E-state index is 5.23. The van der Waals surface area contributed by atoms with Gasteiger partial charge >= 0.3 is 0 Å². The Hall–Kier alpha value is -7.01. The summed E-state index contributed by atoms with van der Waals surface area (Å²) in [6.45, 7) is 2.16. The Morgan fingerprint density at radius 2 is 1.26 bits per heavy atom. The summed E-state index contributed by atoms with van der Waals surface area (Å²) in [5.41, 5.74) is 13.7. The average molecular weight is 762 g/mol. The van der Waals surface area contributed by atoms with Gasteiger partial charge < -0.3 is 9.13 Å². The first-order chi connectivity index (χ1) is 28.7. The van der Waals surface area contributed by atoms with E-state index in [-0.39, 0.29) is 0 Å². The molecule has 0 unspecified atom stereocenters. The molecule has 0 bridgehead atoms. The van der Waals surface area contributed by atoms with Crippen molar-refractivity contribution in [3.8, 4) is 33.9 Å². The van der Waals surface area contributed by atoms with Crippen LogP contribution in [0.5, 0.6) is 0 Å². The van der Waals surface area contributed by atoms with Gasteiger partial charge in [-0.2, -0.15) is 0 Å². The number of aromatic nitrogens is 3. The first-order valence-corrected chi connectivity index (χ1v) is 20.9. The second kappa shape index (κ2) is 14.2. The quantitative estimate of drug-likeness (QED) is 0.165. The van der Waals surface area contributed by atoms with Gasteiger partial charge in [-0.3, -0.25) is 0 Å². The van der Waals surface area contributed by atoms with Crippen LogP contribution in [0.1, 0.15) is 29.3 Å². The number of allylic oxidation sites excluding steroid dienone is 2. The summed E-state index contributed by atoms with van der Waals surface area (Å²) in [7, 11) is 0. The van der Waals surface area contributed by atoms with Crippen molar-refractivity contribution in [2.45, 2.75) is 19.8 Å². The van der Waals surface area contributed by atoms with E-state index in [0.717, 1.165) is 46.7 Å². The summed E-state index contributed by atoms with van der Waals surface area (Å²) < 4.78 is 6.23. The third kappa shape index (κ3) is 5.68. The van der Waals surface area contributed by atoms with Gasteiger partial charge in [0.05, 0.1) is 39.1 Å². The van der Waals surface area contributed by atoms with Crippen LogP contribution in [0.2, 0.25) is 0 Å². The number of nitrogens with zero attached hydrogens (tertiary/aromatic N) is 3. The Kier molecular flexibility index (Phi) is 8.37. The molecule has 1 aliphatic carbocycles. The van der Waals surface area contributed by atoms with Crippen LogP contribution in [0.3, 0.4) is 0 Å². The Bertz CT molecular complexity index is 3320. The van der Waals surface area contributed by atoms with Gasteiger partial charge in [-0.1, -0.05) is 140 Å². The standard InChI is InChI=1S/C54H39N3S/c1-2-41-43-22-11-14-26-52(43)58-51(41)27-15-16-36-28-30-39(31-29-36)56-49-25-13-10-23-45(49)53-50(56)33-32-44-42-21-9-12-24-48(42)57(54(44)53)40-34-46(37-17-5-3-6-18-37)55-47(35-40)38-19-7-4-8-20-38/h2-10,12-21,23-35H,11,22H2,1H3/b16-15+,41-2-,51-27+. The molecular weight excluding hydrogens is 723 g/mol. The first-order valence-electron chi connectivity index (χ1n) is 20.1. The molecule has 0 spiro atoms. The van der Waals surface area contributed by atoms with Gasteiger partial charge in [0.25, 0.3) is 0 Å². The van der Waals surface area contributed by atoms with Crippen LogP contribution in [-0.2, 0) is 6.42 Å². The van der Waals surface area contributed by atoms with Crippen molar-refractivity contribution < 1.29 is 0 Å². The fourth-order valence-electron chi connectivity index (χ4n) is 8.96. The molecule has 4 aromatic heterocycles. The molecule has 6 aromatic carbocycles. The minimum atomic E-state index is 0.944. The fraction of sp³-hybridized carbons (Fsp3) is 0.0556. The number of thiophene rings is 1. The summed E-state index contributed by atoms with van der Waals surface area (Å²) in [4.78, 5) is 6.64. The Balaban J connectivity index is 1.10. The maximum atomic E-state index is 5.23. The van der Waals surface area contributed by atoms with E-state index in [0.29, 0.717) is 0 Å². The molecule has 0 radical (unpaired) electrons. The third-order valence-corrected chi connectivity index (χ3v) is 12.8. The number of fused-ring (bicyclic) bond motifs is 8. The van der Waals surface area contributed by atoms with Crippen molar-refractivity contribution in [1.82, 2.24) is 14.1 Å². The predicted molar refractivity (Wildman–Crippen MR) is 248 cm³/mol. The Labute approximate surface area is 341 Å². The Morgan fingerprint density at radius 3 is 1.97 bits per heavy atom. The van der Waals surface area contributed by atoms with Gasteiger partial charge in [-0.15, -0.1) is 11.3 Å². The monoisotopic (exact) mass is 761 g/mol. The van der Waals surface area contributed by atoms with Crippen molar-refractivity contribution in [1.29, 1.82) is 0 Å². The van der Waals surface area contributed by atoms with Crippen LogP contribution in [-0.4, -0.2) is 14.1 Å². The average Bonchev–Trinajstić information content (AvgIpc) is 3.94. The molecule has 3 nitrogen and oxygen atoms in total. The van der Waals surface area contributed by atoms with E-state index in [1.165, 1.54) is 69.4 Å². The lowest BCUT2D eigenvalue weighted by molar-refractivity contribution is 0.986. The summed E-state index contributed by atoms with van der Waals surface area (Å²) in [5.74, 6) is 0. The molecule has 0 saturated heterocycles. The molecule has 0 N–H and O–H groups in total. The van der Waals surface area contributed by atoms with Gasteiger partial charge in [0.2, 0.25) is 0 Å². The maximum Gasteiger partial charge on any atom is 0.0730 e. The lowest BCUT2D eigenvalue weighted by atomic mass is 10.0. The fourth-order valence-corrected chi connectivity index (χ4v) is 10.2. The third-order valence-electron chi connectivity index (χ3n) is 11.6. The number of benzene rings is 6. The molecule has 0 aliphatic heterocycles. The van der Waals surface area contributed by atoms with Crippen molar-refractivity contribution in [2.24, 2.45) is 0 Å². The smallest absolute Gasteiger partial charge is 0.0730 e. The van der Waals surface area contributed by atoms with Gasteiger partial charge in [0, 0.05) is 47.8 Å². The Morgan fingerprint density at radius 1 is 0.603 bits per heavy atom. The highest BCUT2D eigenvalue weighted by Gasteiger charge is 2.22. The zero-order valence-electron chi connectivity index (χ0n) is 32.1. The van der Waals surface area contributed by atoms with E-state index in [2.05, 4.69) is 210 Å². The SMILES string of the molecule is C/C=c1/c2c(s/c1=C/C=C/c1ccc(-n3c4ccccc4c4c3ccc3c5ccccc5n(-c5cc(-c6ccccc6)nc(-c6ccccc6)c5)c34)cc1)C=CCC2. The molecular formula is C54H39N3S. The zero-order valence-corrected chi connectivity index (χ0v) is 33.0. The minimum Gasteiger partial charge on any atom is -0.309 e. The molecule has 0 fully saturated rings. The van der Waals surface area contributed by atoms with Crippen LogP contribution in [0.25, 0.3) is 102 Å². The molecule has 0 saturated carbocycles. The minimum absolute atomic E-state index is 0.944. The molecule has 0 amide bonds. The molecule has 4 heteroatoms. The van der Waals surface area contributed by atoms with Crippen molar-refractivity contribution in [2.75, 3.05) is 0 Å². The first kappa shape index (κ1) is 34.3. The van der Waals surface area contributed by atoms with Gasteiger partial charge in [-0.25, -0.2) is 4.98 Å². The number of para-hydroxylation sites is 2. The molecule has 276 valence electrons. The number of pyridine rings is 1. The van der Waals surface area contributed by atoms with E-state index in [9.17, 15) is 0 Å². The lowest BCUT2D eigenvalue weighted by Crippen LogP contribution is -2.21. The molecule has 11 rings (SSSR count). The lowest BCUT2D eigenvalue weighted by Gasteiger charge is -2.14. The van der Waals surface area contributed by atoms with E-state index >= 15 is 0 Å². The summed E-state index contributed by atoms with van der Waals surface area (Å²) in [6.07, 6.45) is 15.8. The van der Waals surface area contributed by atoms with Crippen molar-refractivity contribution in [3.63, 3.8) is 0 Å². The number of rotatable bonds is 6. The highest BCUT2D eigenvalue weighted by Crippen LogP contribution is 2.42. The van der Waals surface area contributed by atoms with Crippen LogP contribution < -0.4 is 9.75 Å². The summed E-state index contributed by atoms with van der Waals surface area (Å²) >= 11 is 1.89. The molecule has 10 aromatic rings. The van der Waals surface area contributed by atoms with Crippen molar-refractivity contribution >= 4 is 79.3 Å². The second-order valence-corrected chi connectivity index (χ2v) is 16.0. The largest absolute Gasteiger partial charge is 0.309 e. The number of hydrogen-bond acceptors (Lipinski definition) is 2. The van der Waals surface area contributed by atoms with Crippen LogP contribution in [0.4, 0.5) is 0 Å². The van der Waals surface area contributed by atoms with Gasteiger partial charge in [0.15, 0.2) is 0 Å². The molecule has 4 heterocycles. The highest BCUT2D eigenvalue weighted by molar-refractivity contribution is 7.11. The van der Waals surface area contributed by atoms with Crippen LogP contribution >= 0.6 is 11.3 Å². The normalized spacial score (nSPS) is 13.5. The predicted octanol–water partition coefficient (Wildman–Crippen LogP) is 12.9. The van der Waals surface area contributed by atoms with E-state index < -0.39 is 0 Å². The molecule has 58 heavy (non-hydrogen) atoms. The van der Waals surface area contributed by atoms with Gasteiger partial charge in [0.1, 0.15) is 0 Å². The van der Waals surface area contributed by atoms with Crippen LogP contribution in [0, 0.1) is 0 Å². The van der Waals surface area contributed by atoms with Crippen LogP contribution in [0.15, 0.2) is 170 Å². The summed E-state index contributed by atoms with van der Waals surface area (Å²) in [6, 6.07) is 56.8. The number of hydrogen-bond donors (Lipinski definition) is 0. The van der Waals surface area contributed by atoms with Crippen molar-refractivity contribution in [3.05, 3.63) is 196 Å².